The second-order valence-electron chi connectivity index (χ2n) is 8.08. The molecule has 12 heteroatoms. The summed E-state index contributed by atoms with van der Waals surface area (Å²) in [6.45, 7) is -0.710. The maximum absolute atomic E-state index is 13.1. The van der Waals surface area contributed by atoms with E-state index < -0.39 is 24.5 Å². The summed E-state index contributed by atoms with van der Waals surface area (Å²) >= 11 is 0. The second kappa shape index (κ2) is 10.3. The number of nitrogens with zero attached hydrogens (tertiary/aromatic N) is 6. The van der Waals surface area contributed by atoms with E-state index in [0.717, 1.165) is 0 Å². The third-order valence-electron chi connectivity index (χ3n) is 5.74. The Morgan fingerprint density at radius 3 is 2.50 bits per heavy atom. The fraction of sp³-hybridized carbons (Fsp3) is 0.115. The number of fused-ring (bicyclic) bond motifs is 2. The van der Waals surface area contributed by atoms with Crippen LogP contribution in [0.4, 0.5) is 10.5 Å². The van der Waals surface area contributed by atoms with E-state index in [-0.39, 0.29) is 18.1 Å². The molecule has 0 radical (unpaired) electrons. The zero-order valence-electron chi connectivity index (χ0n) is 20.1. The number of hydrogen-bond acceptors (Lipinski definition) is 8. The predicted octanol–water partition coefficient (Wildman–Crippen LogP) is 3.80. The summed E-state index contributed by atoms with van der Waals surface area (Å²) in [7, 11) is 1.24. The number of imidazole rings is 1. The summed E-state index contributed by atoms with van der Waals surface area (Å²) in [4.78, 5) is 46.2. The molecular formula is C26H21N7O5. The molecule has 12 nitrogen and oxygen atoms in total. The Morgan fingerprint density at radius 2 is 1.74 bits per heavy atom. The monoisotopic (exact) mass is 511 g/mol. The van der Waals surface area contributed by atoms with Crippen LogP contribution >= 0.6 is 0 Å². The number of aromatic hydroxyl groups is 1. The zero-order chi connectivity index (χ0) is 26.6. The molecule has 2 aromatic carbocycles. The summed E-state index contributed by atoms with van der Waals surface area (Å²) in [6.07, 6.45) is 1.60. The van der Waals surface area contributed by atoms with Crippen LogP contribution in [0.15, 0.2) is 83.2 Å². The molecule has 3 aromatic heterocycles. The molecular weight excluding hydrogens is 490 g/mol. The Hall–Kier alpha value is -5.39. The summed E-state index contributed by atoms with van der Waals surface area (Å²) in [5.74, 6) is -1.35. The number of benzene rings is 2. The first-order valence-electron chi connectivity index (χ1n) is 11.5. The first kappa shape index (κ1) is 24.3. The van der Waals surface area contributed by atoms with Gasteiger partial charge in [-0.05, 0) is 30.3 Å². The topological polar surface area (TPSA) is 153 Å². The van der Waals surface area contributed by atoms with Crippen molar-refractivity contribution in [2.45, 2.75) is 6.54 Å². The lowest BCUT2D eigenvalue weighted by molar-refractivity contribution is -0.141. The Bertz CT molecular complexity index is 1710. The smallest absolute Gasteiger partial charge is 0.328 e. The van der Waals surface area contributed by atoms with Crippen LogP contribution in [0.2, 0.25) is 0 Å². The van der Waals surface area contributed by atoms with Crippen LogP contribution < -0.4 is 5.32 Å². The molecule has 5 rings (SSSR count). The maximum atomic E-state index is 13.1. The average Bonchev–Trinajstić information content (AvgIpc) is 3.46. The van der Waals surface area contributed by atoms with E-state index in [0.29, 0.717) is 33.5 Å². The molecule has 0 bridgehead atoms. The molecule has 0 saturated heterocycles. The molecule has 0 atom stereocenters. The number of para-hydroxylation sites is 3. The number of methoxy groups -OCH3 is 1. The summed E-state index contributed by atoms with van der Waals surface area (Å²) in [5, 5.41) is 21.3. The fourth-order valence-electron chi connectivity index (χ4n) is 3.99. The van der Waals surface area contributed by atoms with Crippen LogP contribution in [0, 0.1) is 0 Å². The van der Waals surface area contributed by atoms with Gasteiger partial charge in [0.1, 0.15) is 18.8 Å². The first-order valence-corrected chi connectivity index (χ1v) is 11.5. The molecule has 2 N–H and O–H groups in total. The molecule has 2 amide bonds. The predicted molar refractivity (Wildman–Crippen MR) is 137 cm³/mol. The van der Waals surface area contributed by atoms with Gasteiger partial charge in [0.2, 0.25) is 5.88 Å². The van der Waals surface area contributed by atoms with Gasteiger partial charge < -0.3 is 15.2 Å². The summed E-state index contributed by atoms with van der Waals surface area (Å²) in [6, 6.07) is 18.6. The largest absolute Gasteiger partial charge is 0.493 e. The molecule has 0 fully saturated rings. The molecule has 0 saturated carbocycles. The third kappa shape index (κ3) is 4.57. The lowest BCUT2D eigenvalue weighted by atomic mass is 10.2. The van der Waals surface area contributed by atoms with Crippen molar-refractivity contribution in [3.8, 4) is 17.4 Å². The van der Waals surface area contributed by atoms with E-state index >= 15 is 0 Å². The number of rotatable bonds is 6. The van der Waals surface area contributed by atoms with Gasteiger partial charge in [-0.3, -0.25) is 19.1 Å². The van der Waals surface area contributed by atoms with Gasteiger partial charge in [-0.2, -0.15) is 0 Å². The van der Waals surface area contributed by atoms with Crippen molar-refractivity contribution < 1.29 is 24.2 Å². The number of esters is 1. The second-order valence-corrected chi connectivity index (χ2v) is 8.08. The van der Waals surface area contributed by atoms with Gasteiger partial charge in [0.05, 0.1) is 23.7 Å². The number of pyridine rings is 1. The number of azo groups is 1. The lowest BCUT2D eigenvalue weighted by Gasteiger charge is -2.08. The number of carbonyl (C=O) groups excluding carboxylic acids is 3. The molecule has 0 aliphatic carbocycles. The molecule has 0 aliphatic heterocycles. The Labute approximate surface area is 215 Å². The summed E-state index contributed by atoms with van der Waals surface area (Å²) in [5.41, 5.74) is 2.15. The van der Waals surface area contributed by atoms with E-state index in [9.17, 15) is 19.5 Å². The van der Waals surface area contributed by atoms with Gasteiger partial charge >= 0.3 is 12.0 Å². The van der Waals surface area contributed by atoms with Gasteiger partial charge in [0.25, 0.3) is 5.91 Å². The van der Waals surface area contributed by atoms with Crippen LogP contribution in [0.25, 0.3) is 33.5 Å². The first-order chi connectivity index (χ1) is 18.5. The van der Waals surface area contributed by atoms with Gasteiger partial charge in [0.15, 0.2) is 11.5 Å². The summed E-state index contributed by atoms with van der Waals surface area (Å²) < 4.78 is 7.34. The molecule has 190 valence electrons. The van der Waals surface area contributed by atoms with E-state index in [4.69, 9.17) is 0 Å². The van der Waals surface area contributed by atoms with Gasteiger partial charge in [-0.15, -0.1) is 10.2 Å². The fourth-order valence-corrected chi connectivity index (χ4v) is 3.99. The maximum Gasteiger partial charge on any atom is 0.328 e. The van der Waals surface area contributed by atoms with Gasteiger partial charge in [-0.25, -0.2) is 14.3 Å². The molecule has 3 heterocycles. The van der Waals surface area contributed by atoms with E-state index in [1.54, 1.807) is 72.9 Å². The molecule has 0 aliphatic rings. The number of amides is 2. The Morgan fingerprint density at radius 1 is 1.00 bits per heavy atom. The van der Waals surface area contributed by atoms with Crippen molar-refractivity contribution in [1.82, 2.24) is 24.4 Å². The van der Waals surface area contributed by atoms with Crippen molar-refractivity contribution in [2.75, 3.05) is 13.7 Å². The van der Waals surface area contributed by atoms with Gasteiger partial charge in [-0.1, -0.05) is 36.4 Å². The van der Waals surface area contributed by atoms with Crippen molar-refractivity contribution >= 4 is 45.5 Å². The highest BCUT2D eigenvalue weighted by Crippen LogP contribution is 2.38. The van der Waals surface area contributed by atoms with Gasteiger partial charge in [0, 0.05) is 11.6 Å². The number of hydrogen-bond donors (Lipinski definition) is 2. The van der Waals surface area contributed by atoms with Crippen LogP contribution in [-0.4, -0.2) is 55.8 Å². The highest BCUT2D eigenvalue weighted by atomic mass is 16.5. The van der Waals surface area contributed by atoms with Crippen LogP contribution in [0.1, 0.15) is 0 Å². The normalized spacial score (nSPS) is 11.3. The van der Waals surface area contributed by atoms with Crippen molar-refractivity contribution in [3.63, 3.8) is 0 Å². The number of aromatic nitrogens is 4. The highest BCUT2D eigenvalue weighted by Gasteiger charge is 2.21. The minimum Gasteiger partial charge on any atom is -0.493 e. The number of ether oxygens (including phenoxy) is 1. The average molecular weight is 511 g/mol. The lowest BCUT2D eigenvalue weighted by Crippen LogP contribution is -2.32. The van der Waals surface area contributed by atoms with Crippen molar-refractivity contribution in [2.24, 2.45) is 10.2 Å². The van der Waals surface area contributed by atoms with Crippen LogP contribution in [0.3, 0.4) is 0 Å². The van der Waals surface area contributed by atoms with Crippen LogP contribution in [0.5, 0.6) is 5.88 Å². The Kier molecular flexibility index (Phi) is 6.59. The zero-order valence-corrected chi connectivity index (χ0v) is 20.1. The molecule has 5 aromatic rings. The van der Waals surface area contributed by atoms with E-state index in [1.165, 1.54) is 16.2 Å². The molecule has 0 spiro atoms. The molecule has 38 heavy (non-hydrogen) atoms. The van der Waals surface area contributed by atoms with E-state index in [2.05, 4.69) is 30.3 Å². The van der Waals surface area contributed by atoms with Crippen molar-refractivity contribution in [1.29, 1.82) is 0 Å². The minimum atomic E-state index is -0.758. The number of nitrogens with one attached hydrogen (secondary N) is 1. The standard InChI is InChI=1S/C26H21N7O5/c1-38-22(35)15-32-19-11-4-2-8-16(19)23(25(32)36)31-30-21(34)14-28-26(37)33-20-12-5-3-9-17(20)29-24(33)18-10-6-7-13-27-18/h2-13,36H,14-15H2,1H3,(H,28,37). The van der Waals surface area contributed by atoms with Crippen molar-refractivity contribution in [3.05, 3.63) is 72.9 Å². The number of carbonyl (C=O) groups is 3. The van der Waals surface area contributed by atoms with Crippen LogP contribution in [-0.2, 0) is 20.9 Å². The minimum absolute atomic E-state index is 0.0159. The third-order valence-corrected chi connectivity index (χ3v) is 5.74. The highest BCUT2D eigenvalue weighted by molar-refractivity contribution is 5.97. The molecule has 0 unspecified atom stereocenters. The SMILES string of the molecule is COC(=O)Cn1c(O)c(N=NC(=O)CNC(=O)n2c(-c3ccccn3)nc3ccccc32)c2ccccc21. The Balaban J connectivity index is 1.37. The quantitative estimate of drug-likeness (QED) is 0.260. The van der Waals surface area contributed by atoms with E-state index in [1.807, 2.05) is 0 Å².